The van der Waals surface area contributed by atoms with Crippen molar-refractivity contribution < 1.29 is 5.11 Å². The predicted octanol–water partition coefficient (Wildman–Crippen LogP) is 2.95. The van der Waals surface area contributed by atoms with Crippen molar-refractivity contribution in [2.75, 3.05) is 0 Å². The summed E-state index contributed by atoms with van der Waals surface area (Å²) in [6, 6.07) is 9.68. The van der Waals surface area contributed by atoms with Gasteiger partial charge in [0.1, 0.15) is 0 Å². The van der Waals surface area contributed by atoms with E-state index in [0.717, 1.165) is 23.4 Å². The van der Waals surface area contributed by atoms with Crippen molar-refractivity contribution in [3.63, 3.8) is 0 Å². The van der Waals surface area contributed by atoms with Gasteiger partial charge in [-0.2, -0.15) is 0 Å². The van der Waals surface area contributed by atoms with Crippen molar-refractivity contribution in [2.45, 2.75) is 32.8 Å². The molecule has 2 rings (SSSR count). The molecule has 3 heteroatoms. The minimum Gasteiger partial charge on any atom is -0.388 e. The van der Waals surface area contributed by atoms with Crippen molar-refractivity contribution >= 4 is 0 Å². The lowest BCUT2D eigenvalue weighted by molar-refractivity contribution is 0.176. The van der Waals surface area contributed by atoms with Gasteiger partial charge in [0.2, 0.25) is 0 Å². The van der Waals surface area contributed by atoms with Crippen LogP contribution in [-0.2, 0) is 12.8 Å². The van der Waals surface area contributed by atoms with E-state index in [9.17, 15) is 5.11 Å². The van der Waals surface area contributed by atoms with Crippen LogP contribution in [0.15, 0.2) is 42.7 Å². The smallest absolute Gasteiger partial charge is 0.0846 e. The normalized spacial score (nSPS) is 12.6. The van der Waals surface area contributed by atoms with E-state index in [1.165, 1.54) is 0 Å². The highest BCUT2D eigenvalue weighted by Gasteiger charge is 2.13. The standard InChI is InChI=1S/C16H20N2O/c1-12(2)10-14-15(18-9-8-17-14)11-16(19)13-6-4-3-5-7-13/h3-9,12,16,19H,10-11H2,1-2H3/t16-/m1/s1. The molecule has 0 radical (unpaired) electrons. The second-order valence-corrected chi connectivity index (χ2v) is 5.18. The average Bonchev–Trinajstić information content (AvgIpc) is 2.41. The van der Waals surface area contributed by atoms with Gasteiger partial charge in [-0.05, 0) is 17.9 Å². The van der Waals surface area contributed by atoms with E-state index in [0.29, 0.717) is 12.3 Å². The van der Waals surface area contributed by atoms with E-state index >= 15 is 0 Å². The molecule has 1 atom stereocenters. The summed E-state index contributed by atoms with van der Waals surface area (Å²) >= 11 is 0. The van der Waals surface area contributed by atoms with E-state index in [1.807, 2.05) is 30.3 Å². The number of rotatable bonds is 5. The zero-order valence-electron chi connectivity index (χ0n) is 11.5. The Morgan fingerprint density at radius 3 is 2.11 bits per heavy atom. The Labute approximate surface area is 114 Å². The number of nitrogens with zero attached hydrogens (tertiary/aromatic N) is 2. The molecule has 2 aromatic rings. The molecule has 0 unspecified atom stereocenters. The molecule has 0 aliphatic rings. The third-order valence-corrected chi connectivity index (χ3v) is 3.03. The van der Waals surface area contributed by atoms with Gasteiger partial charge < -0.3 is 5.11 Å². The highest BCUT2D eigenvalue weighted by molar-refractivity contribution is 5.21. The fourth-order valence-electron chi connectivity index (χ4n) is 2.10. The number of benzene rings is 1. The molecule has 1 aromatic heterocycles. The summed E-state index contributed by atoms with van der Waals surface area (Å²) in [5.74, 6) is 0.532. The van der Waals surface area contributed by atoms with Crippen LogP contribution >= 0.6 is 0 Å². The maximum atomic E-state index is 10.3. The Morgan fingerprint density at radius 2 is 1.53 bits per heavy atom. The summed E-state index contributed by atoms with van der Waals surface area (Å²) in [6.07, 6.45) is 4.29. The first-order valence-corrected chi connectivity index (χ1v) is 6.68. The Hall–Kier alpha value is -1.74. The van der Waals surface area contributed by atoms with Crippen molar-refractivity contribution in [1.29, 1.82) is 0 Å². The second kappa shape index (κ2) is 6.43. The van der Waals surface area contributed by atoms with Crippen LogP contribution in [0.4, 0.5) is 0 Å². The number of aliphatic hydroxyl groups excluding tert-OH is 1. The van der Waals surface area contributed by atoms with E-state index in [4.69, 9.17) is 0 Å². The Bertz CT molecular complexity index is 511. The number of hydrogen-bond acceptors (Lipinski definition) is 3. The highest BCUT2D eigenvalue weighted by Crippen LogP contribution is 2.19. The number of aliphatic hydroxyl groups is 1. The minimum absolute atomic E-state index is 0.514. The van der Waals surface area contributed by atoms with Crippen molar-refractivity contribution in [2.24, 2.45) is 5.92 Å². The Kier molecular flexibility index (Phi) is 4.63. The summed E-state index contributed by atoms with van der Waals surface area (Å²) in [4.78, 5) is 8.77. The molecule has 0 aliphatic carbocycles. The molecule has 0 bridgehead atoms. The molecular formula is C16H20N2O. The van der Waals surface area contributed by atoms with Crippen molar-refractivity contribution in [3.8, 4) is 0 Å². The Morgan fingerprint density at radius 1 is 0.947 bits per heavy atom. The topological polar surface area (TPSA) is 46.0 Å². The lowest BCUT2D eigenvalue weighted by Crippen LogP contribution is -2.09. The third kappa shape index (κ3) is 3.86. The van der Waals surface area contributed by atoms with Gasteiger partial charge in [0.25, 0.3) is 0 Å². The monoisotopic (exact) mass is 256 g/mol. The van der Waals surface area contributed by atoms with Gasteiger partial charge in [0.05, 0.1) is 17.5 Å². The highest BCUT2D eigenvalue weighted by atomic mass is 16.3. The molecular weight excluding hydrogens is 236 g/mol. The molecule has 0 saturated carbocycles. The van der Waals surface area contributed by atoms with Crippen molar-refractivity contribution in [3.05, 3.63) is 59.7 Å². The molecule has 1 aromatic carbocycles. The number of aromatic nitrogens is 2. The molecule has 100 valence electrons. The zero-order valence-corrected chi connectivity index (χ0v) is 11.5. The lowest BCUT2D eigenvalue weighted by Gasteiger charge is -2.13. The molecule has 0 fully saturated rings. The largest absolute Gasteiger partial charge is 0.388 e. The van der Waals surface area contributed by atoms with Gasteiger partial charge in [-0.15, -0.1) is 0 Å². The molecule has 1 N–H and O–H groups in total. The van der Waals surface area contributed by atoms with Crippen LogP contribution in [0.2, 0.25) is 0 Å². The fraction of sp³-hybridized carbons (Fsp3) is 0.375. The molecule has 19 heavy (non-hydrogen) atoms. The first-order valence-electron chi connectivity index (χ1n) is 6.68. The molecule has 0 saturated heterocycles. The summed E-state index contributed by atoms with van der Waals surface area (Å²) in [7, 11) is 0. The van der Waals surface area contributed by atoms with E-state index in [1.54, 1.807) is 12.4 Å². The van der Waals surface area contributed by atoms with Gasteiger partial charge in [-0.25, -0.2) is 0 Å². The average molecular weight is 256 g/mol. The van der Waals surface area contributed by atoms with E-state index in [-0.39, 0.29) is 0 Å². The summed E-state index contributed by atoms with van der Waals surface area (Å²) in [5, 5.41) is 10.3. The van der Waals surface area contributed by atoms with Crippen LogP contribution in [0.5, 0.6) is 0 Å². The van der Waals surface area contributed by atoms with Gasteiger partial charge in [0.15, 0.2) is 0 Å². The summed E-state index contributed by atoms with van der Waals surface area (Å²) in [6.45, 7) is 4.32. The Balaban J connectivity index is 2.15. The van der Waals surface area contributed by atoms with E-state index in [2.05, 4.69) is 23.8 Å². The molecule has 0 spiro atoms. The van der Waals surface area contributed by atoms with Crippen LogP contribution in [0.25, 0.3) is 0 Å². The zero-order chi connectivity index (χ0) is 13.7. The molecule has 1 heterocycles. The first kappa shape index (κ1) is 13.7. The van der Waals surface area contributed by atoms with Crippen LogP contribution in [-0.4, -0.2) is 15.1 Å². The van der Waals surface area contributed by atoms with E-state index < -0.39 is 6.10 Å². The first-order chi connectivity index (χ1) is 9.16. The minimum atomic E-state index is -0.524. The second-order valence-electron chi connectivity index (χ2n) is 5.18. The lowest BCUT2D eigenvalue weighted by atomic mass is 10.0. The maximum absolute atomic E-state index is 10.3. The predicted molar refractivity (Wildman–Crippen MR) is 75.7 cm³/mol. The molecule has 3 nitrogen and oxygen atoms in total. The molecule has 0 aliphatic heterocycles. The van der Waals surface area contributed by atoms with Gasteiger partial charge in [0, 0.05) is 18.8 Å². The summed E-state index contributed by atoms with van der Waals surface area (Å²) < 4.78 is 0. The van der Waals surface area contributed by atoms with Crippen LogP contribution in [0, 0.1) is 5.92 Å². The van der Waals surface area contributed by atoms with Crippen LogP contribution in [0.1, 0.15) is 36.9 Å². The van der Waals surface area contributed by atoms with Crippen molar-refractivity contribution in [1.82, 2.24) is 9.97 Å². The molecule has 0 amide bonds. The van der Waals surface area contributed by atoms with Gasteiger partial charge in [-0.1, -0.05) is 44.2 Å². The summed E-state index contributed by atoms with van der Waals surface area (Å²) in [5.41, 5.74) is 2.81. The van der Waals surface area contributed by atoms with Gasteiger partial charge in [-0.3, -0.25) is 9.97 Å². The fourth-order valence-corrected chi connectivity index (χ4v) is 2.10. The van der Waals surface area contributed by atoms with Gasteiger partial charge >= 0.3 is 0 Å². The van der Waals surface area contributed by atoms with Crippen LogP contribution in [0.3, 0.4) is 0 Å². The van der Waals surface area contributed by atoms with Crippen LogP contribution < -0.4 is 0 Å². The third-order valence-electron chi connectivity index (χ3n) is 3.03. The maximum Gasteiger partial charge on any atom is 0.0846 e. The quantitative estimate of drug-likeness (QED) is 0.894. The SMILES string of the molecule is CC(C)Cc1nccnc1C[C@@H](O)c1ccccc1. The number of hydrogen-bond donors (Lipinski definition) is 1.